The van der Waals surface area contributed by atoms with Gasteiger partial charge in [-0.1, -0.05) is 0 Å². The number of fused-ring (bicyclic) bond motifs is 1. The molecule has 2 atom stereocenters. The Hall–Kier alpha value is -0.870. The normalized spacial score (nSPS) is 21.2. The average molecular weight is 239 g/mol. The molecular weight excluding hydrogens is 222 g/mol. The van der Waals surface area contributed by atoms with Crippen LogP contribution >= 0.6 is 11.3 Å². The van der Waals surface area contributed by atoms with E-state index in [1.54, 1.807) is 11.3 Å². The molecule has 0 saturated carbocycles. The summed E-state index contributed by atoms with van der Waals surface area (Å²) in [5.74, 6) is 0.0462. The minimum Gasteiger partial charge on any atom is -0.394 e. The fourth-order valence-corrected chi connectivity index (χ4v) is 3.14. The van der Waals surface area contributed by atoms with Gasteiger partial charge in [-0.3, -0.25) is 4.79 Å². The van der Waals surface area contributed by atoms with Crippen LogP contribution in [0.15, 0.2) is 11.4 Å². The summed E-state index contributed by atoms with van der Waals surface area (Å²) in [5, 5.41) is 13.8. The van der Waals surface area contributed by atoms with Crippen molar-refractivity contribution < 1.29 is 9.90 Å². The van der Waals surface area contributed by atoms with E-state index in [9.17, 15) is 4.79 Å². The second-order valence-corrected chi connectivity index (χ2v) is 5.34. The molecule has 0 fully saturated rings. The summed E-state index contributed by atoms with van der Waals surface area (Å²) in [7, 11) is 0. The molecular formula is C12H17NO2S. The van der Waals surface area contributed by atoms with Crippen molar-refractivity contribution in [1.82, 2.24) is 5.32 Å². The molecule has 2 rings (SSSR count). The van der Waals surface area contributed by atoms with Crippen LogP contribution in [-0.2, 0) is 11.2 Å². The van der Waals surface area contributed by atoms with Crippen LogP contribution in [0.5, 0.6) is 0 Å². The maximum atomic E-state index is 12.0. The lowest BCUT2D eigenvalue weighted by Crippen LogP contribution is -2.39. The lowest BCUT2D eigenvalue weighted by atomic mass is 9.87. The molecule has 1 aromatic heterocycles. The number of aliphatic hydroxyl groups excluding tert-OH is 1. The van der Waals surface area contributed by atoms with Crippen molar-refractivity contribution in [3.8, 4) is 0 Å². The number of amides is 1. The lowest BCUT2D eigenvalue weighted by Gasteiger charge is -2.23. The Morgan fingerprint density at radius 2 is 2.56 bits per heavy atom. The molecule has 1 aliphatic carbocycles. The van der Waals surface area contributed by atoms with Gasteiger partial charge in [0.05, 0.1) is 12.5 Å². The molecule has 0 bridgehead atoms. The summed E-state index contributed by atoms with van der Waals surface area (Å²) in [6.45, 7) is 1.81. The van der Waals surface area contributed by atoms with Crippen LogP contribution in [0.1, 0.15) is 36.1 Å². The third kappa shape index (κ3) is 2.28. The van der Waals surface area contributed by atoms with E-state index in [4.69, 9.17) is 5.11 Å². The van der Waals surface area contributed by atoms with Gasteiger partial charge < -0.3 is 10.4 Å². The molecule has 1 aromatic rings. The van der Waals surface area contributed by atoms with E-state index >= 15 is 0 Å². The summed E-state index contributed by atoms with van der Waals surface area (Å²) in [4.78, 5) is 13.4. The Balaban J connectivity index is 2.09. The van der Waals surface area contributed by atoms with Gasteiger partial charge >= 0.3 is 0 Å². The Morgan fingerprint density at radius 3 is 3.31 bits per heavy atom. The fourth-order valence-electron chi connectivity index (χ4n) is 2.15. The second kappa shape index (κ2) is 4.97. The molecule has 1 amide bonds. The van der Waals surface area contributed by atoms with Crippen molar-refractivity contribution in [2.75, 3.05) is 6.61 Å². The Morgan fingerprint density at radius 1 is 1.75 bits per heavy atom. The van der Waals surface area contributed by atoms with E-state index < -0.39 is 0 Å². The van der Waals surface area contributed by atoms with Crippen molar-refractivity contribution >= 4 is 17.2 Å². The third-order valence-electron chi connectivity index (χ3n) is 3.03. The standard InChI is InChI=1S/C12H17NO2S/c1-8(7-14)13-12(15)10-3-2-4-11-9(10)5-6-16-11/h5-6,8,10,14H,2-4,7H2,1H3,(H,13,15)/t8-,10?/m0/s1. The number of thiophene rings is 1. The average Bonchev–Trinajstić information content (AvgIpc) is 2.76. The maximum absolute atomic E-state index is 12.0. The first-order valence-corrected chi connectivity index (χ1v) is 6.58. The van der Waals surface area contributed by atoms with Gasteiger partial charge in [0.15, 0.2) is 0 Å². The summed E-state index contributed by atoms with van der Waals surface area (Å²) in [6.07, 6.45) is 3.11. The number of rotatable bonds is 3. The van der Waals surface area contributed by atoms with Gasteiger partial charge in [0, 0.05) is 10.9 Å². The van der Waals surface area contributed by atoms with E-state index in [1.165, 1.54) is 10.4 Å². The Labute approximate surface area is 99.5 Å². The van der Waals surface area contributed by atoms with Crippen LogP contribution < -0.4 is 5.32 Å². The first-order valence-electron chi connectivity index (χ1n) is 5.70. The largest absolute Gasteiger partial charge is 0.394 e. The molecule has 0 aromatic carbocycles. The molecule has 2 N–H and O–H groups in total. The number of hydrogen-bond donors (Lipinski definition) is 2. The Kier molecular flexibility index (Phi) is 3.61. The summed E-state index contributed by atoms with van der Waals surface area (Å²) in [5.41, 5.74) is 1.19. The number of nitrogens with one attached hydrogen (secondary N) is 1. The minimum absolute atomic E-state index is 0.00501. The molecule has 3 nitrogen and oxygen atoms in total. The molecule has 0 saturated heterocycles. The quantitative estimate of drug-likeness (QED) is 0.843. The van der Waals surface area contributed by atoms with Crippen LogP contribution in [0.2, 0.25) is 0 Å². The van der Waals surface area contributed by atoms with E-state index in [0.29, 0.717) is 0 Å². The van der Waals surface area contributed by atoms with Crippen molar-refractivity contribution in [3.05, 3.63) is 21.9 Å². The van der Waals surface area contributed by atoms with Crippen LogP contribution in [0.4, 0.5) is 0 Å². The zero-order valence-electron chi connectivity index (χ0n) is 9.40. The Bertz CT molecular complexity index is 375. The van der Waals surface area contributed by atoms with Gasteiger partial charge in [-0.05, 0) is 43.2 Å². The first kappa shape index (κ1) is 11.6. The van der Waals surface area contributed by atoms with Gasteiger partial charge in [0.2, 0.25) is 5.91 Å². The number of carbonyl (C=O) groups excluding carboxylic acids is 1. The van der Waals surface area contributed by atoms with Gasteiger partial charge in [-0.25, -0.2) is 0 Å². The van der Waals surface area contributed by atoms with Crippen molar-refractivity contribution in [1.29, 1.82) is 0 Å². The first-order chi connectivity index (χ1) is 7.72. The van der Waals surface area contributed by atoms with Crippen LogP contribution in [-0.4, -0.2) is 23.7 Å². The maximum Gasteiger partial charge on any atom is 0.227 e. The zero-order chi connectivity index (χ0) is 11.5. The highest BCUT2D eigenvalue weighted by Crippen LogP contribution is 2.34. The molecule has 0 spiro atoms. The van der Waals surface area contributed by atoms with Gasteiger partial charge in [-0.15, -0.1) is 11.3 Å². The second-order valence-electron chi connectivity index (χ2n) is 4.34. The molecule has 1 heterocycles. The summed E-state index contributed by atoms with van der Waals surface area (Å²) in [6, 6.07) is 1.91. The summed E-state index contributed by atoms with van der Waals surface area (Å²) >= 11 is 1.74. The highest BCUT2D eigenvalue weighted by atomic mass is 32.1. The van der Waals surface area contributed by atoms with Crippen LogP contribution in [0.3, 0.4) is 0 Å². The SMILES string of the molecule is C[C@@H](CO)NC(=O)C1CCCc2sccc21. The highest BCUT2D eigenvalue weighted by Gasteiger charge is 2.27. The topological polar surface area (TPSA) is 49.3 Å². The minimum atomic E-state index is -0.156. The number of aryl methyl sites for hydroxylation is 1. The molecule has 4 heteroatoms. The molecule has 0 aliphatic heterocycles. The van der Waals surface area contributed by atoms with Gasteiger partial charge in [0.1, 0.15) is 0 Å². The van der Waals surface area contributed by atoms with E-state index in [-0.39, 0.29) is 24.5 Å². The van der Waals surface area contributed by atoms with Gasteiger partial charge in [0.25, 0.3) is 0 Å². The van der Waals surface area contributed by atoms with E-state index in [1.807, 2.05) is 6.92 Å². The van der Waals surface area contributed by atoms with Crippen molar-refractivity contribution in [2.24, 2.45) is 0 Å². The smallest absolute Gasteiger partial charge is 0.227 e. The summed E-state index contributed by atoms with van der Waals surface area (Å²) < 4.78 is 0. The van der Waals surface area contributed by atoms with E-state index in [2.05, 4.69) is 16.8 Å². The molecule has 1 unspecified atom stereocenters. The van der Waals surface area contributed by atoms with Crippen LogP contribution in [0.25, 0.3) is 0 Å². The van der Waals surface area contributed by atoms with Crippen molar-refractivity contribution in [2.45, 2.75) is 38.1 Å². The predicted octanol–water partition coefficient (Wildman–Crippen LogP) is 1.67. The van der Waals surface area contributed by atoms with Crippen LogP contribution in [0, 0.1) is 0 Å². The molecule has 16 heavy (non-hydrogen) atoms. The number of hydrogen-bond acceptors (Lipinski definition) is 3. The molecule has 88 valence electrons. The number of aliphatic hydroxyl groups is 1. The zero-order valence-corrected chi connectivity index (χ0v) is 10.2. The lowest BCUT2D eigenvalue weighted by molar-refractivity contribution is -0.123. The number of carbonyl (C=O) groups is 1. The predicted molar refractivity (Wildman–Crippen MR) is 64.7 cm³/mol. The highest BCUT2D eigenvalue weighted by molar-refractivity contribution is 7.10. The monoisotopic (exact) mass is 239 g/mol. The van der Waals surface area contributed by atoms with E-state index in [0.717, 1.165) is 19.3 Å². The third-order valence-corrected chi connectivity index (χ3v) is 4.03. The molecule has 0 radical (unpaired) electrons. The fraction of sp³-hybridized carbons (Fsp3) is 0.583. The molecule has 1 aliphatic rings. The van der Waals surface area contributed by atoms with Crippen molar-refractivity contribution in [3.63, 3.8) is 0 Å². The van der Waals surface area contributed by atoms with Gasteiger partial charge in [-0.2, -0.15) is 0 Å².